The van der Waals surface area contributed by atoms with Gasteiger partial charge < -0.3 is 0 Å². The summed E-state index contributed by atoms with van der Waals surface area (Å²) in [5, 5.41) is 6.84. The molecule has 0 amide bonds. The number of rotatable bonds is 5. The summed E-state index contributed by atoms with van der Waals surface area (Å²) < 4.78 is 0.956. The molecule has 138 valence electrons. The second-order valence-electron chi connectivity index (χ2n) is 6.61. The van der Waals surface area contributed by atoms with Crippen molar-refractivity contribution in [3.8, 4) is 0 Å². The lowest BCUT2D eigenvalue weighted by atomic mass is 10.0. The molecule has 0 radical (unpaired) electrons. The Morgan fingerprint density at radius 3 is 2.25 bits per heavy atom. The highest BCUT2D eigenvalue weighted by Gasteiger charge is 2.28. The standard InChI is InChI=1S/C24H19BrN2O/c25-20-13-11-19(12-14-20)24(28)16-15-21-17-23(18-7-3-1-4-8-18)27(26-21)22-9-5-2-6-10-22/h1-16,23H,17H2. The van der Waals surface area contributed by atoms with Gasteiger partial charge in [-0.1, -0.05) is 64.5 Å². The molecule has 1 atom stereocenters. The molecule has 0 bridgehead atoms. The minimum Gasteiger partial charge on any atom is -0.289 e. The number of ketones is 1. The van der Waals surface area contributed by atoms with Crippen LogP contribution >= 0.6 is 15.9 Å². The van der Waals surface area contributed by atoms with Gasteiger partial charge in [0.05, 0.1) is 17.4 Å². The Hall–Kier alpha value is -2.98. The number of hydrogen-bond donors (Lipinski definition) is 0. The van der Waals surface area contributed by atoms with Crippen LogP contribution in [0.25, 0.3) is 0 Å². The highest BCUT2D eigenvalue weighted by atomic mass is 79.9. The van der Waals surface area contributed by atoms with Crippen LogP contribution in [0.4, 0.5) is 5.69 Å². The van der Waals surface area contributed by atoms with E-state index in [4.69, 9.17) is 5.10 Å². The summed E-state index contributed by atoms with van der Waals surface area (Å²) in [4.78, 5) is 12.4. The van der Waals surface area contributed by atoms with Gasteiger partial charge in [-0.05, 0) is 54.1 Å². The number of anilines is 1. The van der Waals surface area contributed by atoms with Crippen molar-refractivity contribution in [1.82, 2.24) is 0 Å². The van der Waals surface area contributed by atoms with Crippen molar-refractivity contribution in [1.29, 1.82) is 0 Å². The Kier molecular flexibility index (Phi) is 5.49. The first kappa shape index (κ1) is 18.4. The van der Waals surface area contributed by atoms with Crippen molar-refractivity contribution < 1.29 is 4.79 Å². The molecule has 4 rings (SSSR count). The van der Waals surface area contributed by atoms with Gasteiger partial charge >= 0.3 is 0 Å². The Labute approximate surface area is 173 Å². The summed E-state index contributed by atoms with van der Waals surface area (Å²) in [6, 6.07) is 28.0. The SMILES string of the molecule is O=C(C=CC1=NN(c2ccccc2)C(c2ccccc2)C1)c1ccc(Br)cc1. The summed E-state index contributed by atoms with van der Waals surface area (Å²) in [7, 11) is 0. The maximum Gasteiger partial charge on any atom is 0.185 e. The van der Waals surface area contributed by atoms with E-state index < -0.39 is 0 Å². The fraction of sp³-hybridized carbons (Fsp3) is 0.0833. The van der Waals surface area contributed by atoms with E-state index >= 15 is 0 Å². The van der Waals surface area contributed by atoms with E-state index in [0.717, 1.165) is 22.3 Å². The molecule has 1 aliphatic heterocycles. The van der Waals surface area contributed by atoms with Crippen molar-refractivity contribution in [2.75, 3.05) is 5.01 Å². The van der Waals surface area contributed by atoms with Crippen LogP contribution in [0.3, 0.4) is 0 Å². The summed E-state index contributed by atoms with van der Waals surface area (Å²) in [5.41, 5.74) is 3.80. The Balaban J connectivity index is 1.59. The lowest BCUT2D eigenvalue weighted by Gasteiger charge is -2.23. The van der Waals surface area contributed by atoms with E-state index in [-0.39, 0.29) is 11.8 Å². The third-order valence-corrected chi connectivity index (χ3v) is 5.22. The fourth-order valence-electron chi connectivity index (χ4n) is 3.27. The summed E-state index contributed by atoms with van der Waals surface area (Å²) in [6.07, 6.45) is 4.20. The maximum atomic E-state index is 12.4. The highest BCUT2D eigenvalue weighted by molar-refractivity contribution is 9.10. The molecular formula is C24H19BrN2O. The highest BCUT2D eigenvalue weighted by Crippen LogP contribution is 2.35. The second-order valence-corrected chi connectivity index (χ2v) is 7.52. The van der Waals surface area contributed by atoms with Gasteiger partial charge in [0.1, 0.15) is 0 Å². The number of benzene rings is 3. The number of allylic oxidation sites excluding steroid dienone is 2. The summed E-state index contributed by atoms with van der Waals surface area (Å²) in [5.74, 6) is -0.0235. The van der Waals surface area contributed by atoms with Crippen molar-refractivity contribution >= 4 is 33.1 Å². The van der Waals surface area contributed by atoms with Crippen LogP contribution < -0.4 is 5.01 Å². The van der Waals surface area contributed by atoms with Crippen molar-refractivity contribution in [3.05, 3.63) is 113 Å². The predicted molar refractivity (Wildman–Crippen MR) is 118 cm³/mol. The molecule has 3 aromatic rings. The molecule has 0 N–H and O–H groups in total. The van der Waals surface area contributed by atoms with Crippen LogP contribution in [0.2, 0.25) is 0 Å². The largest absolute Gasteiger partial charge is 0.289 e. The summed E-state index contributed by atoms with van der Waals surface area (Å²) in [6.45, 7) is 0. The van der Waals surface area contributed by atoms with E-state index in [1.165, 1.54) is 5.56 Å². The van der Waals surface area contributed by atoms with Gasteiger partial charge in [-0.25, -0.2) is 0 Å². The minimum atomic E-state index is -0.0235. The van der Waals surface area contributed by atoms with Crippen LogP contribution in [0, 0.1) is 0 Å². The quantitative estimate of drug-likeness (QED) is 0.356. The molecule has 4 heteroatoms. The average Bonchev–Trinajstić information content (AvgIpc) is 3.18. The van der Waals surface area contributed by atoms with E-state index in [1.54, 1.807) is 6.08 Å². The Bertz CT molecular complexity index is 1010. The molecule has 0 fully saturated rings. The predicted octanol–water partition coefficient (Wildman–Crippen LogP) is 6.20. The topological polar surface area (TPSA) is 32.7 Å². The molecule has 1 heterocycles. The molecule has 1 unspecified atom stereocenters. The zero-order chi connectivity index (χ0) is 19.3. The third kappa shape index (κ3) is 4.12. The zero-order valence-corrected chi connectivity index (χ0v) is 16.8. The monoisotopic (exact) mass is 430 g/mol. The third-order valence-electron chi connectivity index (χ3n) is 4.69. The van der Waals surface area contributed by atoms with E-state index in [2.05, 4.69) is 40.2 Å². The smallest absolute Gasteiger partial charge is 0.185 e. The number of nitrogens with zero attached hydrogens (tertiary/aromatic N) is 2. The number of carbonyl (C=O) groups is 1. The Morgan fingerprint density at radius 1 is 0.929 bits per heavy atom. The molecule has 0 spiro atoms. The van der Waals surface area contributed by atoms with Gasteiger partial charge in [-0.15, -0.1) is 0 Å². The van der Waals surface area contributed by atoms with Crippen LogP contribution in [0.5, 0.6) is 0 Å². The van der Waals surface area contributed by atoms with Crippen LogP contribution in [0.15, 0.2) is 107 Å². The number of hydrogen-bond acceptors (Lipinski definition) is 3. The molecule has 1 aliphatic rings. The van der Waals surface area contributed by atoms with Crippen LogP contribution in [0.1, 0.15) is 28.4 Å². The minimum absolute atomic E-state index is 0.0235. The maximum absolute atomic E-state index is 12.4. The number of halogens is 1. The van der Waals surface area contributed by atoms with E-state index in [9.17, 15) is 4.79 Å². The molecule has 28 heavy (non-hydrogen) atoms. The van der Waals surface area contributed by atoms with Crippen molar-refractivity contribution in [3.63, 3.8) is 0 Å². The van der Waals surface area contributed by atoms with E-state index in [1.807, 2.05) is 71.7 Å². The van der Waals surface area contributed by atoms with Crippen LogP contribution in [-0.4, -0.2) is 11.5 Å². The first-order valence-corrected chi connectivity index (χ1v) is 9.95. The fourth-order valence-corrected chi connectivity index (χ4v) is 3.53. The van der Waals surface area contributed by atoms with Gasteiger partial charge in [0.2, 0.25) is 0 Å². The Morgan fingerprint density at radius 2 is 1.57 bits per heavy atom. The van der Waals surface area contributed by atoms with Crippen LogP contribution in [-0.2, 0) is 0 Å². The average molecular weight is 431 g/mol. The number of hydrazone groups is 1. The van der Waals surface area contributed by atoms with Gasteiger partial charge in [0.25, 0.3) is 0 Å². The van der Waals surface area contributed by atoms with Gasteiger partial charge in [-0.2, -0.15) is 5.10 Å². The first-order valence-electron chi connectivity index (χ1n) is 9.15. The molecular weight excluding hydrogens is 412 g/mol. The van der Waals surface area contributed by atoms with E-state index in [0.29, 0.717) is 5.56 Å². The van der Waals surface area contributed by atoms with Crippen molar-refractivity contribution in [2.24, 2.45) is 5.10 Å². The molecule has 3 nitrogen and oxygen atoms in total. The number of para-hydroxylation sites is 1. The van der Waals surface area contributed by atoms with Gasteiger partial charge in [0.15, 0.2) is 5.78 Å². The normalized spacial score (nSPS) is 16.4. The van der Waals surface area contributed by atoms with Gasteiger partial charge in [-0.3, -0.25) is 9.80 Å². The lowest BCUT2D eigenvalue weighted by Crippen LogP contribution is -2.18. The first-order chi connectivity index (χ1) is 13.7. The zero-order valence-electron chi connectivity index (χ0n) is 15.2. The molecule has 0 saturated heterocycles. The molecule has 0 aromatic heterocycles. The molecule has 0 aliphatic carbocycles. The second kappa shape index (κ2) is 8.36. The molecule has 3 aromatic carbocycles. The summed E-state index contributed by atoms with van der Waals surface area (Å²) >= 11 is 3.39. The van der Waals surface area contributed by atoms with Gasteiger partial charge in [0, 0.05) is 16.5 Å². The van der Waals surface area contributed by atoms with Crippen molar-refractivity contribution in [2.45, 2.75) is 12.5 Å². The lowest BCUT2D eigenvalue weighted by molar-refractivity contribution is 0.104. The molecule has 0 saturated carbocycles. The number of carbonyl (C=O) groups excluding carboxylic acids is 1.